The highest BCUT2D eigenvalue weighted by molar-refractivity contribution is 5.98. The highest BCUT2D eigenvalue weighted by Gasteiger charge is 2.26. The Morgan fingerprint density at radius 3 is 2.82 bits per heavy atom. The number of hydrogen-bond donors (Lipinski definition) is 3. The normalized spacial score (nSPS) is 18.3. The molecule has 28 heavy (non-hydrogen) atoms. The molecule has 3 rings (SSSR count). The second kappa shape index (κ2) is 9.26. The van der Waals surface area contributed by atoms with Gasteiger partial charge in [-0.3, -0.25) is 9.59 Å². The Balaban J connectivity index is 1.73. The predicted molar refractivity (Wildman–Crippen MR) is 98.4 cm³/mol. The first-order chi connectivity index (χ1) is 13.5. The average molecular weight is 398 g/mol. The quantitative estimate of drug-likeness (QED) is 0.571. The first-order valence-electron chi connectivity index (χ1n) is 9.19. The summed E-state index contributed by atoms with van der Waals surface area (Å²) in [5, 5.41) is 5.77. The number of nitrogens with one attached hydrogen (secondary N) is 2. The van der Waals surface area contributed by atoms with Crippen molar-refractivity contribution in [3.8, 4) is 5.75 Å². The van der Waals surface area contributed by atoms with Gasteiger partial charge in [0.2, 0.25) is 5.91 Å². The summed E-state index contributed by atoms with van der Waals surface area (Å²) in [6.45, 7) is -1.85. The monoisotopic (exact) mass is 398 g/mol. The molecular weight excluding hydrogens is 374 g/mol. The van der Waals surface area contributed by atoms with E-state index in [1.807, 2.05) is 0 Å². The molecule has 1 aromatic rings. The lowest BCUT2D eigenvalue weighted by molar-refractivity contribution is -0.125. The second-order valence-corrected chi connectivity index (χ2v) is 6.79. The van der Waals surface area contributed by atoms with Crippen LogP contribution in [-0.2, 0) is 14.3 Å². The van der Waals surface area contributed by atoms with Gasteiger partial charge in [-0.15, -0.1) is 0 Å². The van der Waals surface area contributed by atoms with Crippen LogP contribution in [0.2, 0.25) is 0 Å². The lowest BCUT2D eigenvalue weighted by Crippen LogP contribution is -2.46. The number of nitrogens with two attached hydrogens (primary N) is 1. The summed E-state index contributed by atoms with van der Waals surface area (Å²) < 4.78 is 35.4. The molecule has 154 valence electrons. The summed E-state index contributed by atoms with van der Waals surface area (Å²) in [5.41, 5.74) is 6.14. The maximum Gasteiger partial charge on any atom is 0.387 e. The topological polar surface area (TPSA) is 106 Å². The van der Waals surface area contributed by atoms with Crippen LogP contribution in [0, 0.1) is 5.92 Å². The molecule has 1 saturated carbocycles. The van der Waals surface area contributed by atoms with Gasteiger partial charge in [0, 0.05) is 24.8 Å². The second-order valence-electron chi connectivity index (χ2n) is 6.79. The highest BCUT2D eigenvalue weighted by atomic mass is 19.3. The fourth-order valence-corrected chi connectivity index (χ4v) is 2.92. The Morgan fingerprint density at radius 2 is 2.18 bits per heavy atom. The van der Waals surface area contributed by atoms with Gasteiger partial charge in [-0.1, -0.05) is 0 Å². The molecule has 1 aliphatic heterocycles. The van der Waals surface area contributed by atoms with E-state index < -0.39 is 12.7 Å². The molecule has 4 N–H and O–H groups in total. The molecule has 0 radical (unpaired) electrons. The largest absolute Gasteiger partial charge is 0.433 e. The first kappa shape index (κ1) is 20.4. The molecular formula is C18H24F2N4O4. The van der Waals surface area contributed by atoms with Crippen molar-refractivity contribution < 1.29 is 27.8 Å². The lowest BCUT2D eigenvalue weighted by atomic mass is 10.2. The lowest BCUT2D eigenvalue weighted by Gasteiger charge is -2.28. The number of anilines is 2. The third-order valence-corrected chi connectivity index (χ3v) is 4.62. The van der Waals surface area contributed by atoms with Crippen LogP contribution < -0.4 is 26.0 Å². The van der Waals surface area contributed by atoms with Gasteiger partial charge in [-0.05, 0) is 37.4 Å². The van der Waals surface area contributed by atoms with Crippen LogP contribution in [-0.4, -0.2) is 57.3 Å². The van der Waals surface area contributed by atoms with Crippen molar-refractivity contribution in [1.29, 1.82) is 0 Å². The number of benzene rings is 1. The minimum atomic E-state index is -3.07. The number of carbonyl (C=O) groups excluding carboxylic acids is 2. The van der Waals surface area contributed by atoms with Gasteiger partial charge in [0.1, 0.15) is 6.61 Å². The van der Waals surface area contributed by atoms with Crippen LogP contribution >= 0.6 is 0 Å². The molecule has 1 saturated heterocycles. The SMILES string of the molecule is NC[C@@H](NCC1CC1)C(=O)Nc1ccc(N2CCOCC2=O)c(OC(F)F)c1. The maximum atomic E-state index is 12.9. The van der Waals surface area contributed by atoms with E-state index in [1.54, 1.807) is 0 Å². The molecule has 1 heterocycles. The number of ether oxygens (including phenoxy) is 2. The molecule has 1 aromatic carbocycles. The van der Waals surface area contributed by atoms with E-state index in [9.17, 15) is 18.4 Å². The van der Waals surface area contributed by atoms with Crippen molar-refractivity contribution >= 4 is 23.2 Å². The van der Waals surface area contributed by atoms with Crippen LogP contribution in [0.5, 0.6) is 5.75 Å². The summed E-state index contributed by atoms with van der Waals surface area (Å²) >= 11 is 0. The van der Waals surface area contributed by atoms with Crippen molar-refractivity contribution in [1.82, 2.24) is 5.32 Å². The third kappa shape index (κ3) is 5.37. The van der Waals surface area contributed by atoms with E-state index in [-0.39, 0.29) is 48.6 Å². The van der Waals surface area contributed by atoms with Crippen molar-refractivity contribution in [2.45, 2.75) is 25.5 Å². The molecule has 10 heteroatoms. The van der Waals surface area contributed by atoms with Gasteiger partial charge < -0.3 is 30.7 Å². The van der Waals surface area contributed by atoms with Gasteiger partial charge in [0.25, 0.3) is 5.91 Å². The number of morpholine rings is 1. The van der Waals surface area contributed by atoms with E-state index in [0.29, 0.717) is 19.1 Å². The van der Waals surface area contributed by atoms with Gasteiger partial charge >= 0.3 is 6.61 Å². The highest BCUT2D eigenvalue weighted by Crippen LogP contribution is 2.33. The molecule has 0 unspecified atom stereocenters. The van der Waals surface area contributed by atoms with Crippen LogP contribution in [0.25, 0.3) is 0 Å². The molecule has 2 amide bonds. The zero-order chi connectivity index (χ0) is 20.1. The van der Waals surface area contributed by atoms with Crippen LogP contribution in [0.1, 0.15) is 12.8 Å². The molecule has 0 aromatic heterocycles. The van der Waals surface area contributed by atoms with Gasteiger partial charge in [0.05, 0.1) is 18.3 Å². The van der Waals surface area contributed by atoms with Crippen molar-refractivity contribution in [2.75, 3.05) is 43.1 Å². The number of nitrogens with zero attached hydrogens (tertiary/aromatic N) is 1. The predicted octanol–water partition coefficient (Wildman–Crippen LogP) is 0.917. The van der Waals surface area contributed by atoms with E-state index in [2.05, 4.69) is 15.4 Å². The van der Waals surface area contributed by atoms with Crippen LogP contribution in [0.15, 0.2) is 18.2 Å². The summed E-state index contributed by atoms with van der Waals surface area (Å²) in [6.07, 6.45) is 2.28. The maximum absolute atomic E-state index is 12.9. The minimum absolute atomic E-state index is 0.110. The Kier molecular flexibility index (Phi) is 6.76. The molecule has 0 spiro atoms. The molecule has 8 nitrogen and oxygen atoms in total. The summed E-state index contributed by atoms with van der Waals surface area (Å²) in [7, 11) is 0. The van der Waals surface area contributed by atoms with Gasteiger partial charge in [-0.2, -0.15) is 8.78 Å². The minimum Gasteiger partial charge on any atom is -0.433 e. The smallest absolute Gasteiger partial charge is 0.387 e. The Labute approximate surface area is 161 Å². The first-order valence-corrected chi connectivity index (χ1v) is 9.19. The molecule has 0 bridgehead atoms. The van der Waals surface area contributed by atoms with Crippen molar-refractivity contribution in [3.05, 3.63) is 18.2 Å². The molecule has 2 fully saturated rings. The number of alkyl halides is 2. The average Bonchev–Trinajstić information content (AvgIpc) is 3.47. The number of hydrogen-bond acceptors (Lipinski definition) is 6. The van der Waals surface area contributed by atoms with Crippen molar-refractivity contribution in [2.24, 2.45) is 11.7 Å². The Hall–Kier alpha value is -2.30. The van der Waals surface area contributed by atoms with Crippen molar-refractivity contribution in [3.63, 3.8) is 0 Å². The zero-order valence-corrected chi connectivity index (χ0v) is 15.3. The standard InChI is InChI=1S/C18H24F2N4O4/c19-18(20)28-15-7-12(3-4-14(15)24-5-6-27-10-16(24)25)23-17(26)13(8-21)22-9-11-1-2-11/h3-4,7,11,13,18,22H,1-2,5-6,8-10,21H2,(H,23,26)/t13-/m1/s1. The summed E-state index contributed by atoms with van der Waals surface area (Å²) in [4.78, 5) is 25.8. The summed E-state index contributed by atoms with van der Waals surface area (Å²) in [5.74, 6) is -0.326. The Morgan fingerprint density at radius 1 is 1.39 bits per heavy atom. The Bertz CT molecular complexity index is 715. The molecule has 1 aliphatic carbocycles. The summed E-state index contributed by atoms with van der Waals surface area (Å²) in [6, 6.07) is 3.69. The van der Waals surface area contributed by atoms with Crippen LogP contribution in [0.4, 0.5) is 20.2 Å². The number of amides is 2. The molecule has 1 atom stereocenters. The van der Waals surface area contributed by atoms with E-state index in [1.165, 1.54) is 23.1 Å². The number of halogens is 2. The van der Waals surface area contributed by atoms with Gasteiger partial charge in [-0.25, -0.2) is 0 Å². The fraction of sp³-hybridized carbons (Fsp3) is 0.556. The molecule has 2 aliphatic rings. The fourth-order valence-electron chi connectivity index (χ4n) is 2.92. The zero-order valence-electron chi connectivity index (χ0n) is 15.3. The van der Waals surface area contributed by atoms with E-state index >= 15 is 0 Å². The number of carbonyl (C=O) groups is 2. The number of rotatable bonds is 9. The van der Waals surface area contributed by atoms with Gasteiger partial charge in [0.15, 0.2) is 5.75 Å². The van der Waals surface area contributed by atoms with Crippen LogP contribution in [0.3, 0.4) is 0 Å². The van der Waals surface area contributed by atoms with E-state index in [0.717, 1.165) is 12.8 Å². The third-order valence-electron chi connectivity index (χ3n) is 4.62. The van der Waals surface area contributed by atoms with E-state index in [4.69, 9.17) is 10.5 Å².